The second-order valence-electron chi connectivity index (χ2n) is 5.52. The van der Waals surface area contributed by atoms with Crippen molar-refractivity contribution < 1.29 is 9.90 Å². The van der Waals surface area contributed by atoms with E-state index in [1.54, 1.807) is 36.7 Å². The highest BCUT2D eigenvalue weighted by Crippen LogP contribution is 2.32. The molecule has 0 radical (unpaired) electrons. The quantitative estimate of drug-likeness (QED) is 0.516. The number of para-hydroxylation sites is 1. The number of rotatable bonds is 3. The molecule has 0 unspecified atom stereocenters. The Morgan fingerprint density at radius 2 is 1.88 bits per heavy atom. The molecule has 0 aliphatic heterocycles. The Morgan fingerprint density at radius 3 is 2.68 bits per heavy atom. The lowest BCUT2D eigenvalue weighted by molar-refractivity contribution is 0.0699. The molecular weight excluding hydrogens is 338 g/mol. The third-order valence-electron chi connectivity index (χ3n) is 3.94. The monoisotopic (exact) mass is 349 g/mol. The second-order valence-corrected chi connectivity index (χ2v) is 5.96. The summed E-state index contributed by atoms with van der Waals surface area (Å²) in [6, 6.07) is 14.2. The third kappa shape index (κ3) is 2.75. The molecule has 122 valence electrons. The zero-order valence-electron chi connectivity index (χ0n) is 12.9. The normalized spacial score (nSPS) is 10.9. The lowest BCUT2D eigenvalue weighted by Crippen LogP contribution is -2.02. The van der Waals surface area contributed by atoms with E-state index in [0.29, 0.717) is 16.4 Å². The largest absolute Gasteiger partial charge is 0.478 e. The number of anilines is 2. The fourth-order valence-corrected chi connectivity index (χ4v) is 3.03. The lowest BCUT2D eigenvalue weighted by atomic mass is 10.0. The molecule has 4 aromatic rings. The summed E-state index contributed by atoms with van der Waals surface area (Å²) in [6.07, 6.45) is 3.39. The molecular formula is C19H12ClN3O2. The zero-order chi connectivity index (χ0) is 17.4. The number of benzene rings is 2. The maximum atomic E-state index is 11.6. The second kappa shape index (κ2) is 6.03. The summed E-state index contributed by atoms with van der Waals surface area (Å²) >= 11 is 6.04. The van der Waals surface area contributed by atoms with Gasteiger partial charge in [0.1, 0.15) is 5.82 Å². The number of nitrogens with one attached hydrogen (secondary N) is 1. The Balaban J connectivity index is 2.01. The first-order chi connectivity index (χ1) is 12.1. The van der Waals surface area contributed by atoms with E-state index in [4.69, 9.17) is 11.6 Å². The van der Waals surface area contributed by atoms with E-state index in [0.717, 1.165) is 21.8 Å². The van der Waals surface area contributed by atoms with Crippen LogP contribution in [0.1, 0.15) is 10.4 Å². The number of nitrogens with zero attached hydrogens (tertiary/aromatic N) is 2. The summed E-state index contributed by atoms with van der Waals surface area (Å²) in [5, 5.41) is 15.8. The van der Waals surface area contributed by atoms with Gasteiger partial charge in [-0.1, -0.05) is 29.8 Å². The number of hydrogen-bond donors (Lipinski definition) is 2. The van der Waals surface area contributed by atoms with E-state index in [-0.39, 0.29) is 5.56 Å². The minimum Gasteiger partial charge on any atom is -0.478 e. The van der Waals surface area contributed by atoms with E-state index >= 15 is 0 Å². The van der Waals surface area contributed by atoms with Crippen LogP contribution in [0.4, 0.5) is 11.5 Å². The van der Waals surface area contributed by atoms with Crippen molar-refractivity contribution in [1.82, 2.24) is 9.97 Å². The molecule has 0 fully saturated rings. The van der Waals surface area contributed by atoms with Gasteiger partial charge in [0.2, 0.25) is 0 Å². The molecule has 0 saturated carbocycles. The van der Waals surface area contributed by atoms with Crippen LogP contribution >= 0.6 is 11.6 Å². The number of pyridine rings is 2. The van der Waals surface area contributed by atoms with Crippen LogP contribution in [0.5, 0.6) is 0 Å². The molecule has 2 N–H and O–H groups in total. The molecule has 2 heterocycles. The van der Waals surface area contributed by atoms with Crippen LogP contribution in [0.2, 0.25) is 5.02 Å². The van der Waals surface area contributed by atoms with Gasteiger partial charge in [0.25, 0.3) is 0 Å². The average molecular weight is 350 g/mol. The molecule has 0 atom stereocenters. The lowest BCUT2D eigenvalue weighted by Gasteiger charge is -2.12. The molecule has 25 heavy (non-hydrogen) atoms. The van der Waals surface area contributed by atoms with E-state index in [1.165, 1.54) is 0 Å². The predicted octanol–water partition coefficient (Wildman–Crippen LogP) is 4.88. The first-order valence-corrected chi connectivity index (χ1v) is 7.93. The number of hydrogen-bond acceptors (Lipinski definition) is 4. The van der Waals surface area contributed by atoms with Crippen LogP contribution in [0, 0.1) is 0 Å². The molecule has 4 rings (SSSR count). The molecule has 6 heteroatoms. The standard InChI is InChI=1S/C19H12ClN3O2/c20-11-3-1-4-12(9-11)22-18-16-10-21-8-7-13(16)14-5-2-6-15(19(24)25)17(14)23-18/h1-10H,(H,22,23)(H,24,25). The van der Waals surface area contributed by atoms with E-state index in [1.807, 2.05) is 24.3 Å². The average Bonchev–Trinajstić information content (AvgIpc) is 2.61. The van der Waals surface area contributed by atoms with E-state index in [9.17, 15) is 9.90 Å². The fraction of sp³-hybridized carbons (Fsp3) is 0. The Morgan fingerprint density at radius 1 is 1.04 bits per heavy atom. The summed E-state index contributed by atoms with van der Waals surface area (Å²) in [5.41, 5.74) is 1.35. The Bertz CT molecular complexity index is 1130. The van der Waals surface area contributed by atoms with Gasteiger partial charge >= 0.3 is 5.97 Å². The van der Waals surface area contributed by atoms with Crippen molar-refractivity contribution in [2.45, 2.75) is 0 Å². The highest BCUT2D eigenvalue weighted by atomic mass is 35.5. The summed E-state index contributed by atoms with van der Waals surface area (Å²) in [5.74, 6) is -0.480. The minimum absolute atomic E-state index is 0.158. The van der Waals surface area contributed by atoms with Gasteiger partial charge in [-0.25, -0.2) is 9.78 Å². The number of aromatic nitrogens is 2. The van der Waals surface area contributed by atoms with Crippen molar-refractivity contribution in [3.63, 3.8) is 0 Å². The van der Waals surface area contributed by atoms with Gasteiger partial charge in [0, 0.05) is 33.9 Å². The summed E-state index contributed by atoms with van der Waals surface area (Å²) in [4.78, 5) is 20.3. The molecule has 2 aromatic carbocycles. The Labute approximate surface area is 147 Å². The Kier molecular flexibility index (Phi) is 3.71. The van der Waals surface area contributed by atoms with Gasteiger partial charge in [-0.2, -0.15) is 0 Å². The van der Waals surface area contributed by atoms with Crippen molar-refractivity contribution in [1.29, 1.82) is 0 Å². The van der Waals surface area contributed by atoms with Crippen LogP contribution in [0.15, 0.2) is 60.9 Å². The van der Waals surface area contributed by atoms with Gasteiger partial charge in [-0.15, -0.1) is 0 Å². The number of halogens is 1. The maximum absolute atomic E-state index is 11.6. The highest BCUT2D eigenvalue weighted by molar-refractivity contribution is 6.30. The van der Waals surface area contributed by atoms with Crippen LogP contribution in [0.25, 0.3) is 21.7 Å². The summed E-state index contributed by atoms with van der Waals surface area (Å²) in [7, 11) is 0. The summed E-state index contributed by atoms with van der Waals surface area (Å²) < 4.78 is 0. The van der Waals surface area contributed by atoms with Crippen molar-refractivity contribution in [3.05, 3.63) is 71.5 Å². The predicted molar refractivity (Wildman–Crippen MR) is 98.7 cm³/mol. The van der Waals surface area contributed by atoms with Crippen molar-refractivity contribution in [2.75, 3.05) is 5.32 Å². The smallest absolute Gasteiger partial charge is 0.337 e. The van der Waals surface area contributed by atoms with Crippen LogP contribution in [-0.2, 0) is 0 Å². The van der Waals surface area contributed by atoms with E-state index < -0.39 is 5.97 Å². The van der Waals surface area contributed by atoms with Crippen LogP contribution in [-0.4, -0.2) is 21.0 Å². The molecule has 0 aliphatic carbocycles. The number of carboxylic acid groups (broad SMARTS) is 1. The van der Waals surface area contributed by atoms with Crippen LogP contribution in [0.3, 0.4) is 0 Å². The zero-order valence-corrected chi connectivity index (χ0v) is 13.7. The topological polar surface area (TPSA) is 75.1 Å². The van der Waals surface area contributed by atoms with E-state index in [2.05, 4.69) is 15.3 Å². The molecule has 5 nitrogen and oxygen atoms in total. The van der Waals surface area contributed by atoms with Crippen LogP contribution < -0.4 is 5.32 Å². The first kappa shape index (κ1) is 15.4. The molecule has 2 aromatic heterocycles. The Hall–Kier alpha value is -3.18. The fourth-order valence-electron chi connectivity index (χ4n) is 2.84. The highest BCUT2D eigenvalue weighted by Gasteiger charge is 2.15. The third-order valence-corrected chi connectivity index (χ3v) is 4.18. The molecule has 0 spiro atoms. The van der Waals surface area contributed by atoms with Gasteiger partial charge in [-0.05, 0) is 35.7 Å². The van der Waals surface area contributed by atoms with Crippen molar-refractivity contribution in [3.8, 4) is 0 Å². The molecule has 0 bridgehead atoms. The first-order valence-electron chi connectivity index (χ1n) is 7.56. The van der Waals surface area contributed by atoms with Crippen molar-refractivity contribution in [2.24, 2.45) is 0 Å². The van der Waals surface area contributed by atoms with Gasteiger partial charge < -0.3 is 10.4 Å². The summed E-state index contributed by atoms with van der Waals surface area (Å²) in [6.45, 7) is 0. The maximum Gasteiger partial charge on any atom is 0.337 e. The molecule has 0 amide bonds. The number of aromatic carboxylic acids is 1. The van der Waals surface area contributed by atoms with Gasteiger partial charge in [-0.3, -0.25) is 4.98 Å². The molecule has 0 aliphatic rings. The van der Waals surface area contributed by atoms with Crippen molar-refractivity contribution >= 4 is 50.8 Å². The van der Waals surface area contributed by atoms with Gasteiger partial charge in [0.15, 0.2) is 0 Å². The number of fused-ring (bicyclic) bond motifs is 3. The minimum atomic E-state index is -1.01. The van der Waals surface area contributed by atoms with Gasteiger partial charge in [0.05, 0.1) is 11.1 Å². The SMILES string of the molecule is O=C(O)c1cccc2c1nc(Nc1cccc(Cl)c1)c1cnccc12. The molecule has 0 saturated heterocycles. The number of carboxylic acids is 1. The number of carbonyl (C=O) groups is 1.